The molecule has 0 aliphatic heterocycles. The van der Waals surface area contributed by atoms with Gasteiger partial charge in [0.15, 0.2) is 5.82 Å². The second-order valence-electron chi connectivity index (χ2n) is 7.74. The first kappa shape index (κ1) is 19.3. The summed E-state index contributed by atoms with van der Waals surface area (Å²) in [7, 11) is 0. The van der Waals surface area contributed by atoms with Crippen LogP contribution in [-0.2, 0) is 6.42 Å². The molecular formula is C23H23N3O2S. The van der Waals surface area contributed by atoms with E-state index in [1.807, 2.05) is 0 Å². The largest absolute Gasteiger partial charge is 0.508 e. The van der Waals surface area contributed by atoms with Gasteiger partial charge in [0.2, 0.25) is 4.96 Å². The van der Waals surface area contributed by atoms with Gasteiger partial charge in [-0.3, -0.25) is 4.79 Å². The SMILES string of the molecule is CC(C)Cc1ccc(C(C)c2nc3sc(=O)/c(=C/c4ccc(O)cc4)n3n2)cc1. The van der Waals surface area contributed by atoms with Crippen molar-refractivity contribution in [1.29, 1.82) is 0 Å². The van der Waals surface area contributed by atoms with Gasteiger partial charge in [-0.2, -0.15) is 4.52 Å². The van der Waals surface area contributed by atoms with Gasteiger partial charge in [0.25, 0.3) is 4.74 Å². The van der Waals surface area contributed by atoms with Gasteiger partial charge in [-0.15, -0.1) is 5.10 Å². The summed E-state index contributed by atoms with van der Waals surface area (Å²) < 4.78 is 1.55. The van der Waals surface area contributed by atoms with Crippen molar-refractivity contribution in [2.75, 3.05) is 0 Å². The highest BCUT2D eigenvalue weighted by Gasteiger charge is 2.17. The molecule has 4 aromatic rings. The molecule has 0 fully saturated rings. The lowest BCUT2D eigenvalue weighted by molar-refractivity contribution is 0.475. The minimum Gasteiger partial charge on any atom is -0.508 e. The molecule has 29 heavy (non-hydrogen) atoms. The van der Waals surface area contributed by atoms with Gasteiger partial charge in [-0.1, -0.05) is 68.5 Å². The molecule has 2 aromatic heterocycles. The Morgan fingerprint density at radius 1 is 1.07 bits per heavy atom. The minimum atomic E-state index is -0.0784. The summed E-state index contributed by atoms with van der Waals surface area (Å²) in [6.07, 6.45) is 2.84. The van der Waals surface area contributed by atoms with Crippen LogP contribution in [0.4, 0.5) is 0 Å². The smallest absolute Gasteiger partial charge is 0.261 e. The van der Waals surface area contributed by atoms with Crippen molar-refractivity contribution in [1.82, 2.24) is 14.6 Å². The van der Waals surface area contributed by atoms with Crippen molar-refractivity contribution in [2.24, 2.45) is 5.92 Å². The van der Waals surface area contributed by atoms with E-state index in [9.17, 15) is 9.90 Å². The Balaban J connectivity index is 1.68. The molecule has 0 aliphatic carbocycles. The quantitative estimate of drug-likeness (QED) is 0.549. The van der Waals surface area contributed by atoms with Crippen LogP contribution in [0.3, 0.4) is 0 Å². The third kappa shape index (κ3) is 4.07. The summed E-state index contributed by atoms with van der Waals surface area (Å²) in [6, 6.07) is 15.3. The maximum Gasteiger partial charge on any atom is 0.261 e. The average molecular weight is 406 g/mol. The average Bonchev–Trinajstić information content (AvgIpc) is 3.22. The van der Waals surface area contributed by atoms with Crippen molar-refractivity contribution in [3.05, 3.63) is 85.9 Å². The van der Waals surface area contributed by atoms with Crippen LogP contribution < -0.4 is 10.1 Å². The first-order chi connectivity index (χ1) is 13.9. The summed E-state index contributed by atoms with van der Waals surface area (Å²) in [5.74, 6) is 1.56. The Bertz CT molecular complexity index is 1240. The molecule has 2 aromatic carbocycles. The number of nitrogens with zero attached hydrogens (tertiary/aromatic N) is 3. The molecule has 2 heterocycles. The van der Waals surface area contributed by atoms with Crippen LogP contribution in [0, 0.1) is 5.92 Å². The summed E-state index contributed by atoms with van der Waals surface area (Å²) in [6.45, 7) is 6.52. The van der Waals surface area contributed by atoms with Crippen LogP contribution >= 0.6 is 11.3 Å². The van der Waals surface area contributed by atoms with E-state index < -0.39 is 0 Å². The number of fused-ring (bicyclic) bond motifs is 1. The van der Waals surface area contributed by atoms with Gasteiger partial charge in [-0.25, -0.2) is 4.98 Å². The zero-order chi connectivity index (χ0) is 20.5. The second kappa shape index (κ2) is 7.79. The van der Waals surface area contributed by atoms with Crippen LogP contribution in [0.1, 0.15) is 49.2 Å². The van der Waals surface area contributed by atoms with Gasteiger partial charge in [-0.05, 0) is 47.2 Å². The number of aromatic nitrogens is 3. The maximum absolute atomic E-state index is 12.4. The Hall–Kier alpha value is -2.99. The van der Waals surface area contributed by atoms with Crippen molar-refractivity contribution < 1.29 is 5.11 Å². The van der Waals surface area contributed by atoms with E-state index in [0.29, 0.717) is 22.1 Å². The highest BCUT2D eigenvalue weighted by atomic mass is 32.1. The number of phenolic OH excluding ortho intramolecular Hbond substituents is 1. The number of benzene rings is 2. The predicted molar refractivity (Wildman–Crippen MR) is 117 cm³/mol. The Kier molecular flexibility index (Phi) is 5.20. The highest BCUT2D eigenvalue weighted by molar-refractivity contribution is 7.14. The fraction of sp³-hybridized carbons (Fsp3) is 0.261. The van der Waals surface area contributed by atoms with E-state index in [0.717, 1.165) is 28.9 Å². The molecule has 0 bridgehead atoms. The summed E-state index contributed by atoms with van der Waals surface area (Å²) in [5, 5.41) is 14.6. The molecule has 148 valence electrons. The van der Waals surface area contributed by atoms with E-state index in [2.05, 4.69) is 55.1 Å². The number of phenols is 1. The zero-order valence-electron chi connectivity index (χ0n) is 16.7. The molecule has 6 heteroatoms. The van der Waals surface area contributed by atoms with Gasteiger partial charge < -0.3 is 5.11 Å². The fourth-order valence-electron chi connectivity index (χ4n) is 3.35. The summed E-state index contributed by atoms with van der Waals surface area (Å²) in [4.78, 5) is 17.6. The van der Waals surface area contributed by atoms with E-state index in [4.69, 9.17) is 0 Å². The van der Waals surface area contributed by atoms with Crippen molar-refractivity contribution >= 4 is 22.4 Å². The first-order valence-corrected chi connectivity index (χ1v) is 10.5. The molecule has 0 aliphatic rings. The van der Waals surface area contributed by atoms with E-state index in [-0.39, 0.29) is 16.4 Å². The molecule has 0 saturated heterocycles. The number of rotatable bonds is 5. The predicted octanol–water partition coefficient (Wildman–Crippen LogP) is 3.75. The molecule has 1 N–H and O–H groups in total. The lowest BCUT2D eigenvalue weighted by Gasteiger charge is -2.10. The summed E-state index contributed by atoms with van der Waals surface area (Å²) >= 11 is 1.10. The molecule has 1 unspecified atom stereocenters. The lowest BCUT2D eigenvalue weighted by Crippen LogP contribution is -2.24. The van der Waals surface area contributed by atoms with Gasteiger partial charge in [0.1, 0.15) is 11.1 Å². The van der Waals surface area contributed by atoms with Crippen LogP contribution in [0.2, 0.25) is 0 Å². The molecule has 0 saturated carbocycles. The Morgan fingerprint density at radius 3 is 2.41 bits per heavy atom. The van der Waals surface area contributed by atoms with Crippen molar-refractivity contribution in [3.8, 4) is 5.75 Å². The van der Waals surface area contributed by atoms with Gasteiger partial charge in [0, 0.05) is 5.92 Å². The molecular weight excluding hydrogens is 382 g/mol. The Labute approximate surface area is 173 Å². The topological polar surface area (TPSA) is 67.5 Å². The normalized spacial score (nSPS) is 13.4. The third-order valence-electron chi connectivity index (χ3n) is 4.92. The number of thiazole rings is 1. The standard InChI is InChI=1S/C23H23N3O2S/c1-14(2)12-16-4-8-18(9-5-16)15(3)21-24-23-26(25-21)20(22(28)29-23)13-17-6-10-19(27)11-7-17/h4-11,13-15,27H,12H2,1-3H3/b20-13-. The van der Waals surface area contributed by atoms with Crippen LogP contribution in [0.15, 0.2) is 53.3 Å². The summed E-state index contributed by atoms with van der Waals surface area (Å²) in [5.41, 5.74) is 3.31. The van der Waals surface area contributed by atoms with Crippen LogP contribution in [-0.4, -0.2) is 19.7 Å². The number of hydrogen-bond acceptors (Lipinski definition) is 5. The van der Waals surface area contributed by atoms with E-state index in [1.54, 1.807) is 34.9 Å². The molecule has 5 nitrogen and oxygen atoms in total. The van der Waals surface area contributed by atoms with Crippen LogP contribution in [0.25, 0.3) is 11.0 Å². The van der Waals surface area contributed by atoms with Crippen molar-refractivity contribution in [2.45, 2.75) is 33.1 Å². The fourth-order valence-corrected chi connectivity index (χ4v) is 4.13. The Morgan fingerprint density at radius 2 is 1.76 bits per heavy atom. The molecule has 0 radical (unpaired) electrons. The first-order valence-electron chi connectivity index (χ1n) is 9.70. The monoisotopic (exact) mass is 405 g/mol. The van der Waals surface area contributed by atoms with E-state index >= 15 is 0 Å². The highest BCUT2D eigenvalue weighted by Crippen LogP contribution is 2.23. The number of hydrogen-bond donors (Lipinski definition) is 1. The molecule has 4 rings (SSSR count). The number of aromatic hydroxyl groups is 1. The van der Waals surface area contributed by atoms with Crippen LogP contribution in [0.5, 0.6) is 5.75 Å². The maximum atomic E-state index is 12.4. The second-order valence-corrected chi connectivity index (χ2v) is 8.68. The molecule has 0 amide bonds. The minimum absolute atomic E-state index is 0.0341. The van der Waals surface area contributed by atoms with E-state index in [1.165, 1.54) is 5.56 Å². The molecule has 0 spiro atoms. The third-order valence-corrected chi connectivity index (χ3v) is 5.76. The lowest BCUT2D eigenvalue weighted by atomic mass is 9.96. The van der Waals surface area contributed by atoms with Gasteiger partial charge >= 0.3 is 0 Å². The van der Waals surface area contributed by atoms with Crippen molar-refractivity contribution in [3.63, 3.8) is 0 Å². The van der Waals surface area contributed by atoms with Gasteiger partial charge in [0.05, 0.1) is 0 Å². The molecule has 1 atom stereocenters. The zero-order valence-corrected chi connectivity index (χ0v) is 17.5.